The molecule has 0 aliphatic carbocycles. The highest BCUT2D eigenvalue weighted by Crippen LogP contribution is 2.26. The Morgan fingerprint density at radius 3 is 1.55 bits per heavy atom. The summed E-state index contributed by atoms with van der Waals surface area (Å²) in [5.41, 5.74) is 4.13. The molecule has 0 amide bonds. The number of azo groups is 1. The van der Waals surface area contributed by atoms with Gasteiger partial charge in [-0.05, 0) is 48.5 Å². The number of aryl methyl sites for hydroxylation is 2. The van der Waals surface area contributed by atoms with Gasteiger partial charge in [0.15, 0.2) is 0 Å². The molecule has 0 spiro atoms. The van der Waals surface area contributed by atoms with E-state index in [0.717, 1.165) is 11.4 Å². The molecule has 0 aliphatic heterocycles. The Kier molecular flexibility index (Phi) is 2.82. The second-order valence-corrected chi connectivity index (χ2v) is 5.54. The first-order valence-corrected chi connectivity index (χ1v) is 7.23. The van der Waals surface area contributed by atoms with Gasteiger partial charge in [0.25, 0.3) is 0 Å². The third-order valence-corrected chi connectivity index (χ3v) is 4.02. The molecule has 22 heavy (non-hydrogen) atoms. The molecule has 0 atom stereocenters. The molecular formula is C18H16N4. The van der Waals surface area contributed by atoms with Gasteiger partial charge >= 0.3 is 0 Å². The summed E-state index contributed by atoms with van der Waals surface area (Å²) in [5, 5.41) is 11.1. The summed E-state index contributed by atoms with van der Waals surface area (Å²) in [7, 11) is 4.08. The van der Waals surface area contributed by atoms with Gasteiger partial charge in [0.05, 0.1) is 11.4 Å². The Hall–Kier alpha value is -2.88. The number of nitrogens with zero attached hydrogens (tertiary/aromatic N) is 4. The fourth-order valence-electron chi connectivity index (χ4n) is 2.78. The maximum absolute atomic E-state index is 4.36. The van der Waals surface area contributed by atoms with Gasteiger partial charge in [-0.1, -0.05) is 0 Å². The molecule has 0 saturated carbocycles. The average Bonchev–Trinajstić information content (AvgIpc) is 3.09. The van der Waals surface area contributed by atoms with Crippen LogP contribution in [0.15, 0.2) is 71.2 Å². The summed E-state index contributed by atoms with van der Waals surface area (Å²) < 4.78 is 4.19. The van der Waals surface area contributed by atoms with Gasteiger partial charge in [-0.15, -0.1) is 0 Å². The minimum Gasteiger partial charge on any atom is -0.351 e. The molecule has 0 fully saturated rings. The van der Waals surface area contributed by atoms with Crippen LogP contribution in [-0.2, 0) is 14.1 Å². The van der Waals surface area contributed by atoms with Crippen LogP contribution in [0, 0.1) is 0 Å². The predicted molar refractivity (Wildman–Crippen MR) is 90.0 cm³/mol. The number of fused-ring (bicyclic) bond motifs is 2. The van der Waals surface area contributed by atoms with Crippen molar-refractivity contribution in [2.24, 2.45) is 24.3 Å². The van der Waals surface area contributed by atoms with Crippen molar-refractivity contribution in [1.82, 2.24) is 9.13 Å². The molecule has 4 nitrogen and oxygen atoms in total. The molecule has 0 unspecified atom stereocenters. The van der Waals surface area contributed by atoms with Gasteiger partial charge in [0.1, 0.15) is 0 Å². The lowest BCUT2D eigenvalue weighted by molar-refractivity contribution is 0.969. The first-order chi connectivity index (χ1) is 10.7. The van der Waals surface area contributed by atoms with E-state index < -0.39 is 0 Å². The Labute approximate surface area is 128 Å². The molecule has 2 aromatic carbocycles. The smallest absolute Gasteiger partial charge is 0.0864 e. The molecule has 4 aromatic rings. The second kappa shape index (κ2) is 4.84. The Bertz CT molecular complexity index is 922. The zero-order valence-electron chi connectivity index (χ0n) is 12.6. The van der Waals surface area contributed by atoms with Crippen LogP contribution in [0.25, 0.3) is 21.8 Å². The van der Waals surface area contributed by atoms with E-state index in [0.29, 0.717) is 0 Å². The molecule has 0 N–H and O–H groups in total. The Morgan fingerprint density at radius 2 is 1.09 bits per heavy atom. The van der Waals surface area contributed by atoms with Crippen LogP contribution < -0.4 is 0 Å². The van der Waals surface area contributed by atoms with E-state index in [9.17, 15) is 0 Å². The van der Waals surface area contributed by atoms with Crippen molar-refractivity contribution in [2.45, 2.75) is 0 Å². The van der Waals surface area contributed by atoms with Crippen LogP contribution in [0.1, 0.15) is 0 Å². The summed E-state index contributed by atoms with van der Waals surface area (Å²) in [5.74, 6) is 0. The van der Waals surface area contributed by atoms with E-state index in [2.05, 4.69) is 68.2 Å². The van der Waals surface area contributed by atoms with Crippen molar-refractivity contribution in [1.29, 1.82) is 0 Å². The SMILES string of the molecule is Cn1ccc2cc(N=Nc3ccc4c(ccn4C)c3)ccc21. The van der Waals surface area contributed by atoms with Crippen molar-refractivity contribution >= 4 is 33.2 Å². The lowest BCUT2D eigenvalue weighted by atomic mass is 10.2. The summed E-state index contributed by atoms with van der Waals surface area (Å²) in [4.78, 5) is 0. The van der Waals surface area contributed by atoms with Crippen molar-refractivity contribution < 1.29 is 0 Å². The molecular weight excluding hydrogens is 272 g/mol. The summed E-state index contributed by atoms with van der Waals surface area (Å²) >= 11 is 0. The maximum atomic E-state index is 4.36. The number of hydrogen-bond acceptors (Lipinski definition) is 2. The van der Waals surface area contributed by atoms with Crippen LogP contribution in [0.5, 0.6) is 0 Å². The van der Waals surface area contributed by atoms with Crippen molar-refractivity contribution in [3.8, 4) is 0 Å². The van der Waals surface area contributed by atoms with Crippen LogP contribution in [0.2, 0.25) is 0 Å². The van der Waals surface area contributed by atoms with E-state index in [-0.39, 0.29) is 0 Å². The van der Waals surface area contributed by atoms with Gasteiger partial charge in [-0.2, -0.15) is 10.2 Å². The summed E-state index contributed by atoms with van der Waals surface area (Å²) in [6.07, 6.45) is 4.10. The first-order valence-electron chi connectivity index (χ1n) is 7.23. The molecule has 108 valence electrons. The molecule has 4 rings (SSSR count). The first kappa shape index (κ1) is 12.8. The lowest BCUT2D eigenvalue weighted by Gasteiger charge is -1.98. The number of aromatic nitrogens is 2. The molecule has 2 heterocycles. The third-order valence-electron chi connectivity index (χ3n) is 4.02. The monoisotopic (exact) mass is 288 g/mol. The average molecular weight is 288 g/mol. The quantitative estimate of drug-likeness (QED) is 0.461. The largest absolute Gasteiger partial charge is 0.351 e. The van der Waals surface area contributed by atoms with Crippen LogP contribution in [0.3, 0.4) is 0 Å². The number of hydrogen-bond donors (Lipinski definition) is 0. The molecule has 0 radical (unpaired) electrons. The molecule has 0 saturated heterocycles. The standard InChI is InChI=1S/C18H16N4/c1-21-9-7-13-11-15(3-5-17(13)21)19-20-16-4-6-18-14(12-16)8-10-22(18)2/h3-12H,1-2H3. The van der Waals surface area contributed by atoms with Crippen LogP contribution >= 0.6 is 0 Å². The van der Waals surface area contributed by atoms with Gasteiger partial charge in [-0.25, -0.2) is 0 Å². The predicted octanol–water partition coefficient (Wildman–Crippen LogP) is 5.09. The van der Waals surface area contributed by atoms with E-state index in [1.165, 1.54) is 21.8 Å². The lowest BCUT2D eigenvalue weighted by Crippen LogP contribution is -1.82. The minimum atomic E-state index is 0.867. The topological polar surface area (TPSA) is 34.6 Å². The fraction of sp³-hybridized carbons (Fsp3) is 0.111. The molecule has 0 aliphatic rings. The van der Waals surface area contributed by atoms with Crippen molar-refractivity contribution in [3.05, 3.63) is 60.9 Å². The third kappa shape index (κ3) is 2.09. The van der Waals surface area contributed by atoms with Crippen molar-refractivity contribution in [3.63, 3.8) is 0 Å². The Morgan fingerprint density at radius 1 is 0.636 bits per heavy atom. The highest BCUT2D eigenvalue weighted by atomic mass is 15.1. The summed E-state index contributed by atoms with van der Waals surface area (Å²) in [6.45, 7) is 0. The second-order valence-electron chi connectivity index (χ2n) is 5.54. The van der Waals surface area contributed by atoms with E-state index in [4.69, 9.17) is 0 Å². The Balaban J connectivity index is 1.68. The van der Waals surface area contributed by atoms with Crippen LogP contribution in [0.4, 0.5) is 11.4 Å². The van der Waals surface area contributed by atoms with Gasteiger partial charge in [0.2, 0.25) is 0 Å². The van der Waals surface area contributed by atoms with Crippen LogP contribution in [-0.4, -0.2) is 9.13 Å². The minimum absolute atomic E-state index is 0.867. The van der Waals surface area contributed by atoms with Gasteiger partial charge < -0.3 is 9.13 Å². The highest BCUT2D eigenvalue weighted by Gasteiger charge is 2.01. The number of rotatable bonds is 2. The molecule has 4 heteroatoms. The zero-order valence-corrected chi connectivity index (χ0v) is 12.6. The van der Waals surface area contributed by atoms with E-state index >= 15 is 0 Å². The maximum Gasteiger partial charge on any atom is 0.0864 e. The summed E-state index contributed by atoms with van der Waals surface area (Å²) in [6, 6.07) is 16.4. The van der Waals surface area contributed by atoms with E-state index in [1.54, 1.807) is 0 Å². The van der Waals surface area contributed by atoms with Gasteiger partial charge in [-0.3, -0.25) is 0 Å². The zero-order chi connectivity index (χ0) is 15.1. The van der Waals surface area contributed by atoms with Crippen molar-refractivity contribution in [2.75, 3.05) is 0 Å². The van der Waals surface area contributed by atoms with E-state index in [1.807, 2.05) is 26.2 Å². The molecule has 0 bridgehead atoms. The number of benzene rings is 2. The highest BCUT2D eigenvalue weighted by molar-refractivity contribution is 5.84. The molecule has 2 aromatic heterocycles. The normalized spacial score (nSPS) is 11.9. The fourth-order valence-corrected chi connectivity index (χ4v) is 2.78. The van der Waals surface area contributed by atoms with Gasteiger partial charge in [0, 0.05) is 48.3 Å².